The molecular formula is C15H18ClN2O4P. The predicted molar refractivity (Wildman–Crippen MR) is 88.8 cm³/mol. The van der Waals surface area contributed by atoms with Crippen LogP contribution in [0.3, 0.4) is 0 Å². The topological polar surface area (TPSA) is 84.5 Å². The molecule has 6 nitrogen and oxygen atoms in total. The minimum absolute atomic E-state index is 0.0624. The SMILES string of the molecule is O=c1c(P(=O)(O)O)cn(C2CCCCC2)n1-c1ccc(Cl)cc1. The normalized spacial score (nSPS) is 16.7. The van der Waals surface area contributed by atoms with E-state index in [9.17, 15) is 19.1 Å². The predicted octanol–water partition coefficient (Wildman–Crippen LogP) is 2.60. The summed E-state index contributed by atoms with van der Waals surface area (Å²) < 4.78 is 14.7. The van der Waals surface area contributed by atoms with Crippen LogP contribution >= 0.6 is 19.2 Å². The summed E-state index contributed by atoms with van der Waals surface area (Å²) in [5, 5.41) is 0.0748. The van der Waals surface area contributed by atoms with Crippen LogP contribution in [0.4, 0.5) is 0 Å². The van der Waals surface area contributed by atoms with Crippen molar-refractivity contribution in [2.75, 3.05) is 0 Å². The fourth-order valence-electron chi connectivity index (χ4n) is 3.10. The van der Waals surface area contributed by atoms with Crippen LogP contribution in [0.25, 0.3) is 5.69 Å². The Morgan fingerprint density at radius 1 is 1.09 bits per heavy atom. The lowest BCUT2D eigenvalue weighted by Gasteiger charge is -2.25. The van der Waals surface area contributed by atoms with Gasteiger partial charge in [0.25, 0.3) is 5.56 Å². The largest absolute Gasteiger partial charge is 0.363 e. The summed E-state index contributed by atoms with van der Waals surface area (Å²) in [6, 6.07) is 6.71. The van der Waals surface area contributed by atoms with Crippen molar-refractivity contribution in [1.82, 2.24) is 9.36 Å². The molecule has 0 unspecified atom stereocenters. The van der Waals surface area contributed by atoms with Gasteiger partial charge in [-0.3, -0.25) is 14.0 Å². The molecule has 1 aliphatic carbocycles. The molecule has 2 N–H and O–H groups in total. The Balaban J connectivity index is 2.18. The Morgan fingerprint density at radius 2 is 1.70 bits per heavy atom. The van der Waals surface area contributed by atoms with Gasteiger partial charge in [0.2, 0.25) is 0 Å². The van der Waals surface area contributed by atoms with Crippen LogP contribution in [0.5, 0.6) is 0 Å². The van der Waals surface area contributed by atoms with Gasteiger partial charge in [-0.1, -0.05) is 30.9 Å². The van der Waals surface area contributed by atoms with Crippen LogP contribution in [-0.4, -0.2) is 19.2 Å². The molecule has 1 fully saturated rings. The van der Waals surface area contributed by atoms with Crippen LogP contribution in [0.15, 0.2) is 35.3 Å². The number of rotatable bonds is 3. The van der Waals surface area contributed by atoms with Gasteiger partial charge >= 0.3 is 7.60 Å². The average Bonchev–Trinajstić information content (AvgIpc) is 2.87. The van der Waals surface area contributed by atoms with Gasteiger partial charge in [-0.25, -0.2) is 4.68 Å². The summed E-state index contributed by atoms with van der Waals surface area (Å²) in [6.45, 7) is 0. The maximum absolute atomic E-state index is 12.6. The Labute approximate surface area is 138 Å². The van der Waals surface area contributed by atoms with Gasteiger partial charge in [0.05, 0.1) is 11.7 Å². The van der Waals surface area contributed by atoms with Crippen molar-refractivity contribution in [2.24, 2.45) is 0 Å². The Morgan fingerprint density at radius 3 is 2.26 bits per heavy atom. The molecule has 2 aromatic rings. The van der Waals surface area contributed by atoms with Gasteiger partial charge in [0.1, 0.15) is 5.30 Å². The highest BCUT2D eigenvalue weighted by molar-refractivity contribution is 7.60. The molecule has 0 aliphatic heterocycles. The third-order valence-electron chi connectivity index (χ3n) is 4.23. The van der Waals surface area contributed by atoms with Crippen LogP contribution in [0.1, 0.15) is 38.1 Å². The maximum Gasteiger partial charge on any atom is 0.363 e. The number of hydrogen-bond donors (Lipinski definition) is 2. The first-order valence-corrected chi connectivity index (χ1v) is 9.53. The minimum Gasteiger partial charge on any atom is -0.321 e. The highest BCUT2D eigenvalue weighted by Gasteiger charge is 2.29. The quantitative estimate of drug-likeness (QED) is 0.828. The summed E-state index contributed by atoms with van der Waals surface area (Å²) in [4.78, 5) is 31.5. The van der Waals surface area contributed by atoms with Gasteiger partial charge in [-0.05, 0) is 37.1 Å². The van der Waals surface area contributed by atoms with E-state index in [-0.39, 0.29) is 6.04 Å². The van der Waals surface area contributed by atoms with E-state index in [2.05, 4.69) is 0 Å². The zero-order chi connectivity index (χ0) is 16.6. The molecule has 3 rings (SSSR count). The van der Waals surface area contributed by atoms with Crippen molar-refractivity contribution in [3.8, 4) is 5.69 Å². The Hall–Kier alpha value is -1.33. The van der Waals surface area contributed by atoms with E-state index >= 15 is 0 Å². The third-order valence-corrected chi connectivity index (χ3v) is 5.42. The van der Waals surface area contributed by atoms with Crippen molar-refractivity contribution < 1.29 is 14.4 Å². The van der Waals surface area contributed by atoms with E-state index in [0.29, 0.717) is 10.7 Å². The Kier molecular flexibility index (Phi) is 4.52. The van der Waals surface area contributed by atoms with E-state index in [1.54, 1.807) is 28.9 Å². The second kappa shape index (κ2) is 6.29. The molecule has 0 atom stereocenters. The molecule has 0 spiro atoms. The van der Waals surface area contributed by atoms with Crippen molar-refractivity contribution in [3.63, 3.8) is 0 Å². The minimum atomic E-state index is -4.62. The van der Waals surface area contributed by atoms with E-state index in [1.807, 2.05) is 0 Å². The summed E-state index contributed by atoms with van der Waals surface area (Å²) in [5.74, 6) is 0. The molecular weight excluding hydrogens is 339 g/mol. The molecule has 8 heteroatoms. The average molecular weight is 357 g/mol. The smallest absolute Gasteiger partial charge is 0.321 e. The number of hydrogen-bond acceptors (Lipinski definition) is 2. The summed E-state index contributed by atoms with van der Waals surface area (Å²) >= 11 is 5.89. The van der Waals surface area contributed by atoms with Crippen LogP contribution < -0.4 is 10.9 Å². The first kappa shape index (κ1) is 16.5. The van der Waals surface area contributed by atoms with Gasteiger partial charge in [0, 0.05) is 11.2 Å². The van der Waals surface area contributed by atoms with Gasteiger partial charge in [-0.2, -0.15) is 0 Å². The number of halogens is 1. The van der Waals surface area contributed by atoms with Gasteiger partial charge in [0.15, 0.2) is 0 Å². The molecule has 0 bridgehead atoms. The molecule has 1 saturated carbocycles. The lowest BCUT2D eigenvalue weighted by molar-refractivity contribution is 0.311. The van der Waals surface area contributed by atoms with E-state index in [0.717, 1.165) is 32.1 Å². The molecule has 23 heavy (non-hydrogen) atoms. The second-order valence-electron chi connectivity index (χ2n) is 5.82. The standard InChI is InChI=1S/C15H18ClN2O4P/c16-11-6-8-13(9-7-11)18-15(19)14(23(20,21)22)10-17(18)12-4-2-1-3-5-12/h6-10,12H,1-5H2,(H2,20,21,22). The second-order valence-corrected chi connectivity index (χ2v) is 7.83. The summed E-state index contributed by atoms with van der Waals surface area (Å²) in [7, 11) is -4.62. The van der Waals surface area contributed by atoms with Gasteiger partial charge in [-0.15, -0.1) is 0 Å². The molecule has 1 aromatic heterocycles. The highest BCUT2D eigenvalue weighted by Crippen LogP contribution is 2.34. The monoisotopic (exact) mass is 356 g/mol. The van der Waals surface area contributed by atoms with Crippen LogP contribution in [-0.2, 0) is 4.57 Å². The van der Waals surface area contributed by atoms with Crippen molar-refractivity contribution in [2.45, 2.75) is 38.1 Å². The fourth-order valence-corrected chi connectivity index (χ4v) is 3.84. The molecule has 1 heterocycles. The lowest BCUT2D eigenvalue weighted by Crippen LogP contribution is -2.30. The molecule has 1 aromatic carbocycles. The van der Waals surface area contributed by atoms with E-state index in [4.69, 9.17) is 11.6 Å². The lowest BCUT2D eigenvalue weighted by atomic mass is 9.96. The third kappa shape index (κ3) is 3.31. The first-order chi connectivity index (χ1) is 10.9. The molecule has 0 saturated heterocycles. The highest BCUT2D eigenvalue weighted by atomic mass is 35.5. The number of benzene rings is 1. The molecule has 1 aliphatic rings. The zero-order valence-corrected chi connectivity index (χ0v) is 14.1. The first-order valence-electron chi connectivity index (χ1n) is 7.54. The summed E-state index contributed by atoms with van der Waals surface area (Å²) in [6.07, 6.45) is 6.33. The number of aromatic nitrogens is 2. The summed E-state index contributed by atoms with van der Waals surface area (Å²) in [5.41, 5.74) is -0.129. The zero-order valence-electron chi connectivity index (χ0n) is 12.4. The van der Waals surface area contributed by atoms with Crippen LogP contribution in [0, 0.1) is 0 Å². The maximum atomic E-state index is 12.6. The van der Waals surface area contributed by atoms with Crippen molar-refractivity contribution in [1.29, 1.82) is 0 Å². The van der Waals surface area contributed by atoms with Crippen LogP contribution in [0.2, 0.25) is 5.02 Å². The number of nitrogens with zero attached hydrogens (tertiary/aromatic N) is 2. The Bertz CT molecular complexity index is 800. The van der Waals surface area contributed by atoms with Crippen molar-refractivity contribution in [3.05, 3.63) is 45.8 Å². The fraction of sp³-hybridized carbons (Fsp3) is 0.400. The molecule has 0 amide bonds. The van der Waals surface area contributed by atoms with E-state index < -0.39 is 18.5 Å². The van der Waals surface area contributed by atoms with Gasteiger partial charge < -0.3 is 9.79 Å². The van der Waals surface area contributed by atoms with Crippen molar-refractivity contribution >= 4 is 24.5 Å². The van der Waals surface area contributed by atoms with E-state index in [1.165, 1.54) is 10.9 Å². The molecule has 0 radical (unpaired) electrons. The molecule has 124 valence electrons.